The lowest BCUT2D eigenvalue weighted by atomic mass is 10.1. The number of carbonyl (C=O) groups is 1. The second-order valence-corrected chi connectivity index (χ2v) is 6.12. The molecular weight excluding hydrogens is 280 g/mol. The fourth-order valence-corrected chi connectivity index (χ4v) is 1.92. The summed E-state index contributed by atoms with van der Waals surface area (Å²) >= 11 is -2.35. The largest absolute Gasteiger partial charge is 0.760 e. The minimum absolute atomic E-state index is 0.356. The van der Waals surface area contributed by atoms with Crippen molar-refractivity contribution in [1.29, 1.82) is 0 Å². The highest BCUT2D eigenvalue weighted by atomic mass is 32.2. The van der Waals surface area contributed by atoms with Crippen LogP contribution < -0.4 is 14.8 Å². The zero-order valence-corrected chi connectivity index (χ0v) is 12.7. The molecule has 0 aliphatic carbocycles. The number of benzene rings is 1. The molecule has 0 saturated heterocycles. The molecule has 0 fully saturated rings. The van der Waals surface area contributed by atoms with Gasteiger partial charge in [-0.2, -0.15) is 0 Å². The Morgan fingerprint density at radius 1 is 1.40 bits per heavy atom. The van der Waals surface area contributed by atoms with E-state index in [1.165, 1.54) is 0 Å². The molecule has 0 radical (unpaired) electrons. The predicted octanol–water partition coefficient (Wildman–Crippen LogP) is 2.02. The van der Waals surface area contributed by atoms with Gasteiger partial charge in [-0.25, -0.2) is 9.52 Å². The fourth-order valence-electron chi connectivity index (χ4n) is 1.50. The van der Waals surface area contributed by atoms with Crippen molar-refractivity contribution in [2.75, 3.05) is 0 Å². The minimum atomic E-state index is -2.35. The molecular formula is C13H19N2O4S-. The lowest BCUT2D eigenvalue weighted by Crippen LogP contribution is -2.42. The zero-order valence-electron chi connectivity index (χ0n) is 11.9. The smallest absolute Gasteiger partial charge is 0.413 e. The third-order valence-corrected chi connectivity index (χ3v) is 2.86. The number of hydrogen-bond donors (Lipinski definition) is 2. The number of hydrogen-bond acceptors (Lipinski definition) is 4. The van der Waals surface area contributed by atoms with Gasteiger partial charge >= 0.3 is 6.09 Å². The third-order valence-electron chi connectivity index (χ3n) is 2.32. The van der Waals surface area contributed by atoms with Crippen molar-refractivity contribution < 1.29 is 18.3 Å². The van der Waals surface area contributed by atoms with Crippen LogP contribution in [0.4, 0.5) is 4.79 Å². The van der Waals surface area contributed by atoms with Gasteiger partial charge in [-0.1, -0.05) is 12.1 Å². The highest BCUT2D eigenvalue weighted by Gasteiger charge is 2.15. The van der Waals surface area contributed by atoms with Crippen LogP contribution in [0.5, 0.6) is 5.75 Å². The van der Waals surface area contributed by atoms with Gasteiger partial charge in [-0.3, -0.25) is 4.21 Å². The zero-order chi connectivity index (χ0) is 15.3. The summed E-state index contributed by atoms with van der Waals surface area (Å²) in [7, 11) is 0. The van der Waals surface area contributed by atoms with Gasteiger partial charge in [0.25, 0.3) is 0 Å². The van der Waals surface area contributed by atoms with Crippen molar-refractivity contribution >= 4 is 17.4 Å². The summed E-state index contributed by atoms with van der Waals surface area (Å²) in [6.45, 7) is 7.24. The lowest BCUT2D eigenvalue weighted by Gasteiger charge is -2.20. The third kappa shape index (κ3) is 6.14. The van der Waals surface area contributed by atoms with Crippen LogP contribution in [0.25, 0.3) is 0 Å². The van der Waals surface area contributed by atoms with Crippen molar-refractivity contribution in [3.05, 3.63) is 29.8 Å². The van der Waals surface area contributed by atoms with Crippen LogP contribution >= 0.6 is 0 Å². The number of carbonyl (C=O) groups excluding carboxylic acids is 1. The van der Waals surface area contributed by atoms with E-state index in [1.54, 1.807) is 31.2 Å². The fraction of sp³-hybridized carbons (Fsp3) is 0.462. The Morgan fingerprint density at radius 2 is 2.05 bits per heavy atom. The summed E-state index contributed by atoms with van der Waals surface area (Å²) < 4.78 is 28.7. The molecule has 0 aliphatic heterocycles. The maximum Gasteiger partial charge on any atom is 0.413 e. The average molecular weight is 299 g/mol. The Kier molecular flexibility index (Phi) is 5.67. The van der Waals surface area contributed by atoms with Gasteiger partial charge in [0.15, 0.2) is 0 Å². The maximum absolute atomic E-state index is 11.6. The quantitative estimate of drug-likeness (QED) is 0.832. The molecule has 0 aromatic heterocycles. The molecule has 6 nitrogen and oxygen atoms in total. The van der Waals surface area contributed by atoms with Crippen LogP contribution in [0.2, 0.25) is 0 Å². The Balaban J connectivity index is 2.73. The van der Waals surface area contributed by atoms with E-state index in [0.29, 0.717) is 11.3 Å². The van der Waals surface area contributed by atoms with Gasteiger partial charge in [0.05, 0.1) is 0 Å². The highest BCUT2D eigenvalue weighted by molar-refractivity contribution is 7.77. The molecule has 112 valence electrons. The lowest BCUT2D eigenvalue weighted by molar-refractivity contribution is 0.190. The molecule has 1 amide bonds. The highest BCUT2D eigenvalue weighted by Crippen LogP contribution is 2.19. The van der Waals surface area contributed by atoms with Gasteiger partial charge in [0, 0.05) is 22.8 Å². The van der Waals surface area contributed by atoms with Crippen LogP contribution in [-0.4, -0.2) is 20.4 Å². The molecule has 2 unspecified atom stereocenters. The first-order valence-corrected chi connectivity index (χ1v) is 7.20. The van der Waals surface area contributed by atoms with Crippen LogP contribution in [0.3, 0.4) is 0 Å². The van der Waals surface area contributed by atoms with E-state index < -0.39 is 23.4 Å². The molecule has 20 heavy (non-hydrogen) atoms. The minimum Gasteiger partial charge on any atom is -0.760 e. The van der Waals surface area contributed by atoms with Gasteiger partial charge in [0.2, 0.25) is 0 Å². The molecule has 1 aromatic rings. The average Bonchev–Trinajstić information content (AvgIpc) is 2.25. The van der Waals surface area contributed by atoms with E-state index in [-0.39, 0.29) is 5.54 Å². The molecule has 1 aromatic carbocycles. The van der Waals surface area contributed by atoms with E-state index in [4.69, 9.17) is 4.74 Å². The summed E-state index contributed by atoms with van der Waals surface area (Å²) in [5.74, 6) is 0.356. The number of ether oxygens (including phenoxy) is 1. The molecule has 7 heteroatoms. The molecule has 0 saturated carbocycles. The van der Waals surface area contributed by atoms with Gasteiger partial charge in [-0.05, 0) is 45.4 Å². The summed E-state index contributed by atoms with van der Waals surface area (Å²) in [4.78, 5) is 11.6. The first kappa shape index (κ1) is 16.6. The predicted molar refractivity (Wildman–Crippen MR) is 75.8 cm³/mol. The van der Waals surface area contributed by atoms with Crippen LogP contribution in [-0.2, 0) is 11.3 Å². The van der Waals surface area contributed by atoms with Crippen molar-refractivity contribution in [2.45, 2.75) is 39.3 Å². The van der Waals surface area contributed by atoms with E-state index in [0.717, 1.165) is 0 Å². The van der Waals surface area contributed by atoms with Gasteiger partial charge < -0.3 is 14.6 Å². The Hall–Kier alpha value is -1.44. The van der Waals surface area contributed by atoms with E-state index in [1.807, 2.05) is 20.8 Å². The standard InChI is InChI=1S/C13H20N2O4S/c1-9(15-20(17)18)10-6-5-7-11(8-10)19-12(16)14-13(2,3)4/h5-9,15H,1-4H3,(H,14,16)(H,17,18)/p-1. The molecule has 2 N–H and O–H groups in total. The normalized spacial score (nSPS) is 14.4. The van der Waals surface area contributed by atoms with Crippen molar-refractivity contribution in [2.24, 2.45) is 0 Å². The summed E-state index contributed by atoms with van der Waals surface area (Å²) in [5, 5.41) is 2.67. The van der Waals surface area contributed by atoms with E-state index in [9.17, 15) is 13.6 Å². The number of nitrogens with one attached hydrogen (secondary N) is 2. The molecule has 0 spiro atoms. The SMILES string of the molecule is CC(NS(=O)[O-])c1cccc(OC(=O)NC(C)(C)C)c1. The van der Waals surface area contributed by atoms with Gasteiger partial charge in [0.1, 0.15) is 5.75 Å². The van der Waals surface area contributed by atoms with E-state index >= 15 is 0 Å². The summed E-state index contributed by atoms with van der Waals surface area (Å²) in [5.41, 5.74) is 0.318. The van der Waals surface area contributed by atoms with Crippen LogP contribution in [0.15, 0.2) is 24.3 Å². The van der Waals surface area contributed by atoms with Crippen molar-refractivity contribution in [3.8, 4) is 5.75 Å². The maximum atomic E-state index is 11.6. The second-order valence-electron chi connectivity index (χ2n) is 5.41. The van der Waals surface area contributed by atoms with Crippen molar-refractivity contribution in [3.63, 3.8) is 0 Å². The monoisotopic (exact) mass is 299 g/mol. The Morgan fingerprint density at radius 3 is 2.60 bits per heavy atom. The second kappa shape index (κ2) is 6.83. The molecule has 0 bridgehead atoms. The first-order chi connectivity index (χ1) is 9.17. The van der Waals surface area contributed by atoms with Crippen LogP contribution in [0, 0.1) is 0 Å². The van der Waals surface area contributed by atoms with Gasteiger partial charge in [-0.15, -0.1) is 0 Å². The Bertz CT molecular complexity index is 499. The Labute approximate surface area is 121 Å². The first-order valence-electron chi connectivity index (χ1n) is 6.13. The number of rotatable bonds is 4. The molecule has 1 rings (SSSR count). The summed E-state index contributed by atoms with van der Waals surface area (Å²) in [6, 6.07) is 6.29. The topological polar surface area (TPSA) is 90.5 Å². The number of amides is 1. The van der Waals surface area contributed by atoms with Crippen molar-refractivity contribution in [1.82, 2.24) is 10.0 Å². The molecule has 0 aliphatic rings. The molecule has 0 heterocycles. The van der Waals surface area contributed by atoms with E-state index in [2.05, 4.69) is 10.0 Å². The molecule has 2 atom stereocenters. The van der Waals surface area contributed by atoms with Crippen LogP contribution in [0.1, 0.15) is 39.3 Å². The summed E-state index contributed by atoms with van der Waals surface area (Å²) in [6.07, 6.45) is -0.553.